The Balaban J connectivity index is 1.76. The van der Waals surface area contributed by atoms with E-state index in [1.165, 1.54) is 24.3 Å². The van der Waals surface area contributed by atoms with Crippen molar-refractivity contribution in [2.75, 3.05) is 13.2 Å². The fourth-order valence-electron chi connectivity index (χ4n) is 3.53. The normalized spacial score (nSPS) is 40.1. The third-order valence-electron chi connectivity index (χ3n) is 5.42. The number of nitro groups is 1. The van der Waals surface area contributed by atoms with E-state index in [2.05, 4.69) is 0 Å². The molecule has 4 unspecified atom stereocenters. The molecule has 2 fully saturated rings. The Bertz CT molecular complexity index is 767. The first-order chi connectivity index (χ1) is 15.2. The highest BCUT2D eigenvalue weighted by atomic mass is 16.7. The maximum absolute atomic E-state index is 10.8. The van der Waals surface area contributed by atoms with E-state index in [-0.39, 0.29) is 11.4 Å². The Labute approximate surface area is 182 Å². The van der Waals surface area contributed by atoms with Crippen LogP contribution < -0.4 is 16.2 Å². The van der Waals surface area contributed by atoms with Gasteiger partial charge in [0.1, 0.15) is 42.4 Å². The van der Waals surface area contributed by atoms with E-state index in [4.69, 9.17) is 30.4 Å². The van der Waals surface area contributed by atoms with Crippen molar-refractivity contribution in [1.82, 2.24) is 0 Å². The largest absolute Gasteiger partial charge is 0.463 e. The quantitative estimate of drug-likeness (QED) is 0.155. The lowest BCUT2D eigenvalue weighted by atomic mass is 9.95. The van der Waals surface area contributed by atoms with Crippen molar-refractivity contribution in [3.63, 3.8) is 0 Å². The van der Waals surface area contributed by atoms with Gasteiger partial charge in [0.2, 0.25) is 6.29 Å². The number of nitrogens with zero attached hydrogens (tertiary/aromatic N) is 1. The van der Waals surface area contributed by atoms with Gasteiger partial charge < -0.3 is 55.9 Å². The minimum Gasteiger partial charge on any atom is -0.463 e. The van der Waals surface area contributed by atoms with E-state index in [1.807, 2.05) is 0 Å². The summed E-state index contributed by atoms with van der Waals surface area (Å²) in [6.07, 6.45) is -10.6. The summed E-state index contributed by atoms with van der Waals surface area (Å²) >= 11 is 0. The van der Waals surface area contributed by atoms with Crippen LogP contribution in [0.25, 0.3) is 0 Å². The molecule has 0 bridgehead atoms. The van der Waals surface area contributed by atoms with E-state index in [9.17, 15) is 35.6 Å². The number of nitro benzene ring substituents is 1. The summed E-state index contributed by atoms with van der Waals surface area (Å²) in [5, 5.41) is 60.3. The van der Waals surface area contributed by atoms with Crippen LogP contribution in [0.2, 0.25) is 0 Å². The van der Waals surface area contributed by atoms with E-state index < -0.39 is 79.4 Å². The van der Waals surface area contributed by atoms with Gasteiger partial charge >= 0.3 is 0 Å². The number of non-ortho nitro benzene ring substituents is 1. The first-order valence-electron chi connectivity index (χ1n) is 9.82. The SMILES string of the molecule is N[C@@H]1C(O[C@@H]2[C@H](N)C(Oc3ccc([N+](=O)[O-])cc3)OC(CO)[C@@H]2O)OC(CO)[C@H](O)[C@@H]1O. The van der Waals surface area contributed by atoms with E-state index in [1.54, 1.807) is 0 Å². The molecule has 14 nitrogen and oxygen atoms in total. The van der Waals surface area contributed by atoms with E-state index >= 15 is 0 Å². The first kappa shape index (κ1) is 24.7. The summed E-state index contributed by atoms with van der Waals surface area (Å²) < 4.78 is 22.3. The Morgan fingerprint density at radius 2 is 1.47 bits per heavy atom. The monoisotopic (exact) mass is 461 g/mol. The summed E-state index contributed by atoms with van der Waals surface area (Å²) in [4.78, 5) is 10.2. The van der Waals surface area contributed by atoms with Crippen LogP contribution in [0.3, 0.4) is 0 Å². The summed E-state index contributed by atoms with van der Waals surface area (Å²) in [5.41, 5.74) is 11.9. The molecule has 1 aromatic rings. The van der Waals surface area contributed by atoms with Gasteiger partial charge in [-0.1, -0.05) is 0 Å². The molecule has 0 aromatic heterocycles. The molecule has 0 aliphatic carbocycles. The molecular formula is C18H27N3O11. The smallest absolute Gasteiger partial charge is 0.269 e. The van der Waals surface area contributed by atoms with Crippen molar-refractivity contribution >= 4 is 5.69 Å². The predicted molar refractivity (Wildman–Crippen MR) is 104 cm³/mol. The zero-order chi connectivity index (χ0) is 23.6. The lowest BCUT2D eigenvalue weighted by Crippen LogP contribution is -2.68. The standard InChI is InChI=1S/C18H27N3O11/c19-11-15(26)13(24)9(5-22)30-17(11)32-16-12(20)18(31-10(6-23)14(16)25)29-8-3-1-7(2-4-8)21(27)28/h1-4,9-18,22-26H,5-6,19-20H2/t9?,10?,11-,12-,13-,14-,15+,16+,17?,18?/m0/s1. The number of nitrogens with two attached hydrogens (primary N) is 2. The molecule has 180 valence electrons. The van der Waals surface area contributed by atoms with Crippen molar-refractivity contribution in [2.24, 2.45) is 11.5 Å². The number of rotatable bonds is 7. The van der Waals surface area contributed by atoms with Crippen molar-refractivity contribution in [2.45, 2.75) is 61.3 Å². The van der Waals surface area contributed by atoms with Crippen molar-refractivity contribution < 1.29 is 49.4 Å². The minimum atomic E-state index is -1.49. The molecule has 3 rings (SSSR count). The molecule has 2 aliphatic rings. The van der Waals surface area contributed by atoms with Gasteiger partial charge in [0.05, 0.1) is 30.2 Å². The first-order valence-corrected chi connectivity index (χ1v) is 9.82. The van der Waals surface area contributed by atoms with Crippen LogP contribution in [0.15, 0.2) is 24.3 Å². The zero-order valence-corrected chi connectivity index (χ0v) is 16.8. The molecule has 2 heterocycles. The molecule has 10 atom stereocenters. The Hall–Kier alpha value is -1.98. The van der Waals surface area contributed by atoms with Crippen molar-refractivity contribution in [3.8, 4) is 5.75 Å². The average molecular weight is 461 g/mol. The lowest BCUT2D eigenvalue weighted by Gasteiger charge is -2.46. The summed E-state index contributed by atoms with van der Waals surface area (Å²) in [6, 6.07) is 2.69. The number of benzene rings is 1. The highest BCUT2D eigenvalue weighted by Crippen LogP contribution is 2.29. The second kappa shape index (κ2) is 10.3. The molecule has 0 radical (unpaired) electrons. The Morgan fingerprint density at radius 1 is 0.906 bits per heavy atom. The molecule has 0 spiro atoms. The van der Waals surface area contributed by atoms with Crippen LogP contribution in [0.4, 0.5) is 5.69 Å². The van der Waals surface area contributed by atoms with Gasteiger partial charge in [0.15, 0.2) is 6.29 Å². The fraction of sp³-hybridized carbons (Fsp3) is 0.667. The topological polar surface area (TPSA) is 233 Å². The molecule has 9 N–H and O–H groups in total. The van der Waals surface area contributed by atoms with Crippen molar-refractivity contribution in [3.05, 3.63) is 34.4 Å². The predicted octanol–water partition coefficient (Wildman–Crippen LogP) is -3.47. The molecule has 2 aliphatic heterocycles. The molecule has 1 aromatic carbocycles. The van der Waals surface area contributed by atoms with Gasteiger partial charge in [-0.15, -0.1) is 0 Å². The second-order valence-electron chi connectivity index (χ2n) is 7.55. The van der Waals surface area contributed by atoms with Gasteiger partial charge in [-0.3, -0.25) is 10.1 Å². The number of hydrogen-bond donors (Lipinski definition) is 7. The third kappa shape index (κ3) is 4.99. The van der Waals surface area contributed by atoms with Crippen molar-refractivity contribution in [1.29, 1.82) is 0 Å². The highest BCUT2D eigenvalue weighted by Gasteiger charge is 2.50. The summed E-state index contributed by atoms with van der Waals surface area (Å²) in [5.74, 6) is 0.174. The Morgan fingerprint density at radius 3 is 2.03 bits per heavy atom. The fourth-order valence-corrected chi connectivity index (χ4v) is 3.53. The van der Waals surface area contributed by atoms with Crippen LogP contribution in [-0.4, -0.2) is 105 Å². The average Bonchev–Trinajstić information content (AvgIpc) is 2.78. The van der Waals surface area contributed by atoms with Gasteiger partial charge in [-0.25, -0.2) is 0 Å². The van der Waals surface area contributed by atoms with Crippen LogP contribution in [0.1, 0.15) is 0 Å². The summed E-state index contributed by atoms with van der Waals surface area (Å²) in [7, 11) is 0. The van der Waals surface area contributed by atoms with Crippen LogP contribution >= 0.6 is 0 Å². The maximum atomic E-state index is 10.8. The number of aliphatic hydroxyl groups excluding tert-OH is 5. The number of hydrogen-bond acceptors (Lipinski definition) is 13. The molecule has 32 heavy (non-hydrogen) atoms. The van der Waals surface area contributed by atoms with Crippen LogP contribution in [-0.2, 0) is 14.2 Å². The number of ether oxygens (including phenoxy) is 4. The van der Waals surface area contributed by atoms with Gasteiger partial charge in [0.25, 0.3) is 5.69 Å². The van der Waals surface area contributed by atoms with Gasteiger partial charge in [-0.2, -0.15) is 0 Å². The van der Waals surface area contributed by atoms with E-state index in [0.717, 1.165) is 0 Å². The Kier molecular flexibility index (Phi) is 7.94. The molecule has 14 heteroatoms. The second-order valence-corrected chi connectivity index (χ2v) is 7.55. The van der Waals surface area contributed by atoms with Gasteiger partial charge in [-0.05, 0) is 12.1 Å². The van der Waals surface area contributed by atoms with Crippen LogP contribution in [0, 0.1) is 10.1 Å². The lowest BCUT2D eigenvalue weighted by molar-refractivity contribution is -0.384. The molecule has 2 saturated heterocycles. The molecule has 0 saturated carbocycles. The third-order valence-corrected chi connectivity index (χ3v) is 5.42. The molecular weight excluding hydrogens is 434 g/mol. The number of aliphatic hydroxyl groups is 5. The van der Waals surface area contributed by atoms with E-state index in [0.29, 0.717) is 0 Å². The zero-order valence-electron chi connectivity index (χ0n) is 16.8. The maximum Gasteiger partial charge on any atom is 0.269 e. The van der Waals surface area contributed by atoms with Gasteiger partial charge in [0, 0.05) is 12.1 Å². The molecule has 0 amide bonds. The highest BCUT2D eigenvalue weighted by molar-refractivity contribution is 5.36. The summed E-state index contributed by atoms with van der Waals surface area (Å²) in [6.45, 7) is -1.25. The van der Waals surface area contributed by atoms with Crippen LogP contribution in [0.5, 0.6) is 5.75 Å². The minimum absolute atomic E-state index is 0.154.